The highest BCUT2D eigenvalue weighted by molar-refractivity contribution is 5.95. The quantitative estimate of drug-likeness (QED) is 0.673. The molecule has 0 aliphatic carbocycles. The molecule has 1 aromatic heterocycles. The zero-order valence-electron chi connectivity index (χ0n) is 8.04. The number of rotatable bonds is 2. The van der Waals surface area contributed by atoms with E-state index in [1.807, 2.05) is 25.3 Å². The molecule has 0 amide bonds. The van der Waals surface area contributed by atoms with Crippen LogP contribution in [0.15, 0.2) is 36.5 Å². The van der Waals surface area contributed by atoms with Gasteiger partial charge in [0.2, 0.25) is 0 Å². The second kappa shape index (κ2) is 3.50. The molecule has 0 unspecified atom stereocenters. The Morgan fingerprint density at radius 3 is 2.93 bits per heavy atom. The topological polar surface area (TPSA) is 39.6 Å². The summed E-state index contributed by atoms with van der Waals surface area (Å²) in [4.78, 5) is 3.21. The number of hydrogen-bond donors (Lipinski definition) is 2. The fraction of sp³-hybridized carbons (Fsp3) is 0.0833. The lowest BCUT2D eigenvalue weighted by Gasteiger charge is -1.96. The Bertz CT molecular complexity index is 492. The largest absolute Gasteiger partial charge is 0.361 e. The van der Waals surface area contributed by atoms with Gasteiger partial charge in [0.05, 0.1) is 0 Å². The molecule has 0 radical (unpaired) electrons. The Morgan fingerprint density at radius 1 is 1.36 bits per heavy atom. The lowest BCUT2D eigenvalue weighted by molar-refractivity contribution is 1.46. The summed E-state index contributed by atoms with van der Waals surface area (Å²) >= 11 is 0. The van der Waals surface area contributed by atoms with Crippen LogP contribution in [0.3, 0.4) is 0 Å². The van der Waals surface area contributed by atoms with Crippen LogP contribution in [0, 0.1) is 5.41 Å². The fourth-order valence-corrected chi connectivity index (χ4v) is 1.61. The third-order valence-electron chi connectivity index (χ3n) is 2.35. The van der Waals surface area contributed by atoms with E-state index in [0.29, 0.717) is 0 Å². The van der Waals surface area contributed by atoms with Crippen molar-refractivity contribution in [3.8, 4) is 0 Å². The number of H-pyrrole nitrogens is 1. The van der Waals surface area contributed by atoms with Gasteiger partial charge in [0.1, 0.15) is 0 Å². The van der Waals surface area contributed by atoms with E-state index >= 15 is 0 Å². The summed E-state index contributed by atoms with van der Waals surface area (Å²) in [5, 5.41) is 8.24. The molecule has 0 bridgehead atoms. The van der Waals surface area contributed by atoms with Gasteiger partial charge >= 0.3 is 0 Å². The smallest absolute Gasteiger partial charge is 0.0460 e. The SMILES string of the molecule is C/C(=C\C=N)c1c[nH]c2ccccc12. The van der Waals surface area contributed by atoms with E-state index in [1.54, 1.807) is 6.08 Å². The van der Waals surface area contributed by atoms with Gasteiger partial charge in [-0.2, -0.15) is 0 Å². The van der Waals surface area contributed by atoms with Gasteiger partial charge in [-0.1, -0.05) is 18.2 Å². The Hall–Kier alpha value is -1.83. The molecule has 0 aliphatic heterocycles. The molecular weight excluding hydrogens is 172 g/mol. The van der Waals surface area contributed by atoms with Crippen molar-refractivity contribution in [1.82, 2.24) is 4.98 Å². The minimum Gasteiger partial charge on any atom is -0.361 e. The van der Waals surface area contributed by atoms with Gasteiger partial charge in [-0.25, -0.2) is 0 Å². The molecule has 0 saturated carbocycles. The third-order valence-corrected chi connectivity index (χ3v) is 2.35. The van der Waals surface area contributed by atoms with Gasteiger partial charge in [0, 0.05) is 28.9 Å². The Labute approximate surface area is 82.8 Å². The van der Waals surface area contributed by atoms with Crippen molar-refractivity contribution in [3.63, 3.8) is 0 Å². The van der Waals surface area contributed by atoms with E-state index in [0.717, 1.165) is 11.1 Å². The van der Waals surface area contributed by atoms with Crippen molar-refractivity contribution < 1.29 is 0 Å². The zero-order valence-corrected chi connectivity index (χ0v) is 8.04. The molecule has 0 saturated heterocycles. The van der Waals surface area contributed by atoms with Gasteiger partial charge < -0.3 is 10.4 Å². The summed E-state index contributed by atoms with van der Waals surface area (Å²) in [6, 6.07) is 8.18. The Kier molecular flexibility index (Phi) is 2.19. The lowest BCUT2D eigenvalue weighted by Crippen LogP contribution is -1.76. The monoisotopic (exact) mass is 184 g/mol. The molecule has 1 heterocycles. The first-order valence-electron chi connectivity index (χ1n) is 4.57. The van der Waals surface area contributed by atoms with Crippen molar-refractivity contribution in [2.45, 2.75) is 6.92 Å². The summed E-state index contributed by atoms with van der Waals surface area (Å²) < 4.78 is 0. The van der Waals surface area contributed by atoms with Crippen molar-refractivity contribution >= 4 is 22.7 Å². The molecule has 70 valence electrons. The Balaban J connectivity index is 2.64. The standard InChI is InChI=1S/C12H12N2/c1-9(6-7-13)11-8-14-12-5-3-2-4-10(11)12/h2-8,13-14H,1H3/b9-6+,13-7?. The van der Waals surface area contributed by atoms with Gasteiger partial charge in [0.15, 0.2) is 0 Å². The van der Waals surface area contributed by atoms with Crippen LogP contribution in [-0.2, 0) is 0 Å². The van der Waals surface area contributed by atoms with Crippen molar-refractivity contribution in [2.75, 3.05) is 0 Å². The summed E-state index contributed by atoms with van der Waals surface area (Å²) in [6.45, 7) is 2.01. The van der Waals surface area contributed by atoms with Crippen LogP contribution in [0.1, 0.15) is 12.5 Å². The summed E-state index contributed by atoms with van der Waals surface area (Å²) in [7, 11) is 0. The highest BCUT2D eigenvalue weighted by Crippen LogP contribution is 2.23. The average molecular weight is 184 g/mol. The zero-order chi connectivity index (χ0) is 9.97. The van der Waals surface area contributed by atoms with Gasteiger partial charge in [-0.15, -0.1) is 0 Å². The Morgan fingerprint density at radius 2 is 2.14 bits per heavy atom. The molecule has 2 heteroatoms. The number of aromatic amines is 1. The number of hydrogen-bond acceptors (Lipinski definition) is 1. The predicted octanol–water partition coefficient (Wildman–Crippen LogP) is 3.22. The molecule has 0 atom stereocenters. The normalized spacial score (nSPS) is 11.9. The highest BCUT2D eigenvalue weighted by Gasteiger charge is 2.02. The number of benzene rings is 1. The maximum absolute atomic E-state index is 7.03. The van der Waals surface area contributed by atoms with Gasteiger partial charge in [-0.3, -0.25) is 0 Å². The van der Waals surface area contributed by atoms with Crippen LogP contribution in [0.4, 0.5) is 0 Å². The second-order valence-electron chi connectivity index (χ2n) is 3.26. The molecule has 2 N–H and O–H groups in total. The number of para-hydroxylation sites is 1. The maximum atomic E-state index is 7.03. The van der Waals surface area contributed by atoms with E-state index < -0.39 is 0 Å². The third kappa shape index (κ3) is 1.35. The van der Waals surface area contributed by atoms with Crippen molar-refractivity contribution in [2.24, 2.45) is 0 Å². The van der Waals surface area contributed by atoms with Crippen LogP contribution in [-0.4, -0.2) is 11.2 Å². The van der Waals surface area contributed by atoms with Gasteiger partial charge in [0.25, 0.3) is 0 Å². The molecule has 2 nitrogen and oxygen atoms in total. The number of nitrogens with one attached hydrogen (secondary N) is 2. The first kappa shape index (κ1) is 8.75. The predicted molar refractivity (Wildman–Crippen MR) is 60.7 cm³/mol. The van der Waals surface area contributed by atoms with Crippen LogP contribution in [0.2, 0.25) is 0 Å². The molecule has 2 aromatic rings. The van der Waals surface area contributed by atoms with Crippen LogP contribution < -0.4 is 0 Å². The number of aromatic nitrogens is 1. The van der Waals surface area contributed by atoms with E-state index in [2.05, 4.69) is 17.1 Å². The first-order valence-corrected chi connectivity index (χ1v) is 4.57. The van der Waals surface area contributed by atoms with Crippen molar-refractivity contribution in [1.29, 1.82) is 5.41 Å². The molecule has 0 spiro atoms. The van der Waals surface area contributed by atoms with E-state index in [-0.39, 0.29) is 0 Å². The molecular formula is C12H12N2. The molecule has 1 aromatic carbocycles. The first-order chi connectivity index (χ1) is 6.83. The minimum atomic E-state index is 1.11. The van der Waals surface area contributed by atoms with Crippen LogP contribution in [0.25, 0.3) is 16.5 Å². The van der Waals surface area contributed by atoms with E-state index in [4.69, 9.17) is 5.41 Å². The second-order valence-corrected chi connectivity index (χ2v) is 3.26. The lowest BCUT2D eigenvalue weighted by atomic mass is 10.1. The molecule has 2 rings (SSSR count). The van der Waals surface area contributed by atoms with Gasteiger partial charge in [-0.05, 0) is 24.6 Å². The summed E-state index contributed by atoms with van der Waals surface area (Å²) in [5.41, 5.74) is 3.42. The summed E-state index contributed by atoms with van der Waals surface area (Å²) in [6.07, 6.45) is 5.10. The fourth-order valence-electron chi connectivity index (χ4n) is 1.61. The highest BCUT2D eigenvalue weighted by atomic mass is 14.7. The van der Waals surface area contributed by atoms with E-state index in [9.17, 15) is 0 Å². The van der Waals surface area contributed by atoms with Crippen LogP contribution >= 0.6 is 0 Å². The minimum absolute atomic E-state index is 1.11. The maximum Gasteiger partial charge on any atom is 0.0460 e. The van der Waals surface area contributed by atoms with Crippen molar-refractivity contribution in [3.05, 3.63) is 42.1 Å². The molecule has 0 aliphatic rings. The molecule has 14 heavy (non-hydrogen) atoms. The van der Waals surface area contributed by atoms with Crippen LogP contribution in [0.5, 0.6) is 0 Å². The number of allylic oxidation sites excluding steroid dienone is 2. The molecule has 0 fully saturated rings. The van der Waals surface area contributed by atoms with E-state index in [1.165, 1.54) is 17.2 Å². The average Bonchev–Trinajstić information content (AvgIpc) is 2.61. The number of fused-ring (bicyclic) bond motifs is 1. The summed E-state index contributed by atoms with van der Waals surface area (Å²) in [5.74, 6) is 0.